The van der Waals surface area contributed by atoms with Crippen molar-refractivity contribution in [3.05, 3.63) is 11.5 Å². The van der Waals surface area contributed by atoms with Gasteiger partial charge >= 0.3 is 0 Å². The van der Waals surface area contributed by atoms with Crippen molar-refractivity contribution in [2.45, 2.75) is 0 Å². The third-order valence-corrected chi connectivity index (χ3v) is 1.16. The van der Waals surface area contributed by atoms with Crippen molar-refractivity contribution in [3.8, 4) is 0 Å². The normalized spacial score (nSPS) is 10.6. The molecule has 0 unspecified atom stereocenters. The Bertz CT molecular complexity index is 284. The summed E-state index contributed by atoms with van der Waals surface area (Å²) in [7, 11) is 0. The maximum atomic E-state index is 5.43. The molecule has 6 heteroatoms. The monoisotopic (exact) mass is 171 g/mol. The van der Waals surface area contributed by atoms with Gasteiger partial charge in [-0.05, 0) is 11.6 Å². The van der Waals surface area contributed by atoms with Gasteiger partial charge in [0.05, 0.1) is 12.5 Å². The number of rotatable bonds is 1. The number of hydrogen-bond acceptors (Lipinski definition) is 4. The Morgan fingerprint density at radius 2 is 2.36 bits per heavy atom. The molecule has 0 radical (unpaired) electrons. The summed E-state index contributed by atoms with van der Waals surface area (Å²) in [5, 5.41) is 0.0958. The summed E-state index contributed by atoms with van der Waals surface area (Å²) in [5.41, 5.74) is 10.8. The molecule has 0 amide bonds. The van der Waals surface area contributed by atoms with Gasteiger partial charge in [0.2, 0.25) is 5.28 Å². The molecular weight excluding hydrogens is 166 g/mol. The summed E-state index contributed by atoms with van der Waals surface area (Å²) in [6.45, 7) is 0. The number of nitrogens with two attached hydrogens (primary N) is 2. The Morgan fingerprint density at radius 1 is 1.64 bits per heavy atom. The molecule has 0 aliphatic carbocycles. The van der Waals surface area contributed by atoms with Crippen LogP contribution in [-0.2, 0) is 0 Å². The molecule has 0 fully saturated rings. The predicted molar refractivity (Wildman–Crippen MR) is 43.8 cm³/mol. The lowest BCUT2D eigenvalue weighted by atomic mass is 10.5. The SMILES string of the molecule is NC=Nc1cnc(Cl)nc1N. The Labute approximate surface area is 68.1 Å². The van der Waals surface area contributed by atoms with Crippen molar-refractivity contribution < 1.29 is 0 Å². The van der Waals surface area contributed by atoms with Crippen LogP contribution in [0.4, 0.5) is 11.5 Å². The lowest BCUT2D eigenvalue weighted by molar-refractivity contribution is 1.17. The van der Waals surface area contributed by atoms with E-state index in [9.17, 15) is 0 Å². The first-order valence-electron chi connectivity index (χ1n) is 2.76. The van der Waals surface area contributed by atoms with Crippen molar-refractivity contribution >= 4 is 29.4 Å². The largest absolute Gasteiger partial charge is 0.390 e. The fourth-order valence-electron chi connectivity index (χ4n) is 0.546. The highest BCUT2D eigenvalue weighted by molar-refractivity contribution is 6.28. The summed E-state index contributed by atoms with van der Waals surface area (Å²) >= 11 is 5.43. The van der Waals surface area contributed by atoms with Crippen molar-refractivity contribution in [1.29, 1.82) is 0 Å². The third-order valence-electron chi connectivity index (χ3n) is 0.982. The Hall–Kier alpha value is -1.36. The highest BCUT2D eigenvalue weighted by atomic mass is 35.5. The van der Waals surface area contributed by atoms with E-state index in [2.05, 4.69) is 15.0 Å². The smallest absolute Gasteiger partial charge is 0.224 e. The number of aromatic nitrogens is 2. The molecule has 5 nitrogen and oxygen atoms in total. The minimum atomic E-state index is 0.0958. The highest BCUT2D eigenvalue weighted by Gasteiger charge is 1.98. The molecule has 0 bridgehead atoms. The van der Waals surface area contributed by atoms with E-state index in [1.54, 1.807) is 0 Å². The molecule has 0 spiro atoms. The first kappa shape index (κ1) is 7.74. The van der Waals surface area contributed by atoms with Crippen molar-refractivity contribution in [1.82, 2.24) is 9.97 Å². The number of anilines is 1. The Morgan fingerprint density at radius 3 is 2.91 bits per heavy atom. The molecule has 4 N–H and O–H groups in total. The van der Waals surface area contributed by atoms with Gasteiger partial charge in [0.15, 0.2) is 5.82 Å². The van der Waals surface area contributed by atoms with Gasteiger partial charge in [-0.2, -0.15) is 4.98 Å². The van der Waals surface area contributed by atoms with Crippen LogP contribution in [0, 0.1) is 0 Å². The zero-order valence-corrected chi connectivity index (χ0v) is 6.28. The predicted octanol–water partition coefficient (Wildman–Crippen LogP) is 0.331. The van der Waals surface area contributed by atoms with E-state index in [1.165, 1.54) is 6.20 Å². The van der Waals surface area contributed by atoms with Crippen LogP contribution in [-0.4, -0.2) is 16.3 Å². The molecule has 0 saturated carbocycles. The van der Waals surface area contributed by atoms with Crippen LogP contribution < -0.4 is 11.5 Å². The van der Waals surface area contributed by atoms with Crippen LogP contribution in [0.15, 0.2) is 11.2 Å². The summed E-state index contributed by atoms with van der Waals surface area (Å²) in [6.07, 6.45) is 2.51. The van der Waals surface area contributed by atoms with Crippen molar-refractivity contribution in [2.24, 2.45) is 10.7 Å². The Balaban J connectivity index is 3.09. The number of aliphatic imine (C=N–C) groups is 1. The number of hydrogen-bond donors (Lipinski definition) is 2. The fraction of sp³-hybridized carbons (Fsp3) is 0. The standard InChI is InChI=1S/C5H6ClN5/c6-5-9-1-3(10-2-7)4(8)11-5/h1-2H,(H2,7,10)(H2,8,9,11). The van der Waals surface area contributed by atoms with Gasteiger partial charge in [-0.1, -0.05) is 0 Å². The van der Waals surface area contributed by atoms with E-state index < -0.39 is 0 Å². The maximum absolute atomic E-state index is 5.43. The maximum Gasteiger partial charge on any atom is 0.224 e. The molecule has 1 aromatic heterocycles. The van der Waals surface area contributed by atoms with E-state index in [0.717, 1.165) is 6.34 Å². The summed E-state index contributed by atoms with van der Waals surface area (Å²) in [6, 6.07) is 0. The lowest BCUT2D eigenvalue weighted by Crippen LogP contribution is -1.94. The van der Waals surface area contributed by atoms with Crippen molar-refractivity contribution in [3.63, 3.8) is 0 Å². The van der Waals surface area contributed by atoms with Crippen LogP contribution in [0.5, 0.6) is 0 Å². The van der Waals surface area contributed by atoms with Crippen LogP contribution in [0.1, 0.15) is 0 Å². The van der Waals surface area contributed by atoms with Gasteiger partial charge in [-0.15, -0.1) is 0 Å². The number of nitrogens with zero attached hydrogens (tertiary/aromatic N) is 3. The van der Waals surface area contributed by atoms with E-state index in [1.807, 2.05) is 0 Å². The first-order valence-corrected chi connectivity index (χ1v) is 3.14. The number of halogens is 1. The first-order chi connectivity index (χ1) is 5.24. The van der Waals surface area contributed by atoms with Crippen LogP contribution >= 0.6 is 11.6 Å². The van der Waals surface area contributed by atoms with Gasteiger partial charge in [0.25, 0.3) is 0 Å². The van der Waals surface area contributed by atoms with Crippen LogP contribution in [0.25, 0.3) is 0 Å². The van der Waals surface area contributed by atoms with Gasteiger partial charge in [0.1, 0.15) is 5.69 Å². The van der Waals surface area contributed by atoms with Gasteiger partial charge in [0, 0.05) is 0 Å². The molecule has 0 aliphatic rings. The molecule has 0 aliphatic heterocycles. The quantitative estimate of drug-likeness (QED) is 0.362. The fourth-order valence-corrected chi connectivity index (χ4v) is 0.686. The van der Waals surface area contributed by atoms with E-state index >= 15 is 0 Å². The second-order valence-electron chi connectivity index (χ2n) is 1.69. The average Bonchev–Trinajstić information content (AvgIpc) is 1.95. The van der Waals surface area contributed by atoms with Gasteiger partial charge < -0.3 is 11.5 Å². The zero-order chi connectivity index (χ0) is 8.27. The summed E-state index contributed by atoms with van der Waals surface area (Å²) in [5.74, 6) is 0.215. The molecule has 0 saturated heterocycles. The molecule has 1 rings (SSSR count). The minimum Gasteiger partial charge on any atom is -0.390 e. The lowest BCUT2D eigenvalue weighted by Gasteiger charge is -1.96. The van der Waals surface area contributed by atoms with E-state index in [-0.39, 0.29) is 11.1 Å². The molecule has 1 heterocycles. The molecule has 1 aromatic rings. The van der Waals surface area contributed by atoms with E-state index in [0.29, 0.717) is 5.69 Å². The van der Waals surface area contributed by atoms with Crippen LogP contribution in [0.2, 0.25) is 5.28 Å². The average molecular weight is 172 g/mol. The Kier molecular flexibility index (Phi) is 2.22. The molecule has 11 heavy (non-hydrogen) atoms. The minimum absolute atomic E-state index is 0.0958. The summed E-state index contributed by atoms with van der Waals surface area (Å²) < 4.78 is 0. The highest BCUT2D eigenvalue weighted by Crippen LogP contribution is 2.18. The molecule has 58 valence electrons. The summed E-state index contributed by atoms with van der Waals surface area (Å²) in [4.78, 5) is 11.0. The number of nitrogen functional groups attached to an aromatic ring is 1. The van der Waals surface area contributed by atoms with Gasteiger partial charge in [-0.3, -0.25) is 0 Å². The topological polar surface area (TPSA) is 90.2 Å². The molecular formula is C5H6ClN5. The molecule has 0 atom stereocenters. The van der Waals surface area contributed by atoms with Gasteiger partial charge in [-0.25, -0.2) is 9.98 Å². The van der Waals surface area contributed by atoms with Crippen molar-refractivity contribution in [2.75, 3.05) is 5.73 Å². The van der Waals surface area contributed by atoms with E-state index in [4.69, 9.17) is 23.1 Å². The van der Waals surface area contributed by atoms with Crippen LogP contribution in [0.3, 0.4) is 0 Å². The third kappa shape index (κ3) is 1.78. The molecule has 0 aromatic carbocycles. The second-order valence-corrected chi connectivity index (χ2v) is 2.03. The second kappa shape index (κ2) is 3.16. The zero-order valence-electron chi connectivity index (χ0n) is 5.53.